The summed E-state index contributed by atoms with van der Waals surface area (Å²) in [5, 5.41) is 10.4. The third-order valence-electron chi connectivity index (χ3n) is 4.42. The average molecular weight is 387 g/mol. The Labute approximate surface area is 159 Å². The Hall–Kier alpha value is -1.15. The molecule has 0 saturated carbocycles. The van der Waals surface area contributed by atoms with Gasteiger partial charge in [-0.3, -0.25) is 0 Å². The first-order chi connectivity index (χ1) is 11.6. The highest BCUT2D eigenvalue weighted by Crippen LogP contribution is 2.32. The second-order valence-electron chi connectivity index (χ2n) is 7.00. The van der Waals surface area contributed by atoms with Gasteiger partial charge in [0, 0.05) is 32.4 Å². The number of hydrogen-bond donors (Lipinski definition) is 1. The molecule has 1 saturated heterocycles. The van der Waals surface area contributed by atoms with Crippen molar-refractivity contribution in [1.82, 2.24) is 14.5 Å². The topological polar surface area (TPSA) is 63.4 Å². The van der Waals surface area contributed by atoms with E-state index in [1.165, 1.54) is 0 Å². The van der Waals surface area contributed by atoms with E-state index in [9.17, 15) is 5.11 Å². The summed E-state index contributed by atoms with van der Waals surface area (Å²) in [6.45, 7) is 8.68. The van der Waals surface area contributed by atoms with Crippen molar-refractivity contribution in [3.05, 3.63) is 18.7 Å². The van der Waals surface area contributed by atoms with Crippen molar-refractivity contribution in [2.75, 3.05) is 37.8 Å². The van der Waals surface area contributed by atoms with Gasteiger partial charge in [-0.2, -0.15) is 0 Å². The van der Waals surface area contributed by atoms with Gasteiger partial charge in [0.25, 0.3) is 0 Å². The normalized spacial score (nSPS) is 15.2. The summed E-state index contributed by atoms with van der Waals surface area (Å²) in [5.41, 5.74) is 1.10. The molecule has 0 atom stereocenters. The van der Waals surface area contributed by atoms with Gasteiger partial charge in [0.1, 0.15) is 0 Å². The van der Waals surface area contributed by atoms with Crippen molar-refractivity contribution in [3.63, 3.8) is 0 Å². The van der Waals surface area contributed by atoms with Crippen molar-refractivity contribution in [3.8, 4) is 10.6 Å². The van der Waals surface area contributed by atoms with Crippen LogP contribution in [0.25, 0.3) is 10.6 Å². The predicted molar refractivity (Wildman–Crippen MR) is 104 cm³/mol. The first kappa shape index (κ1) is 20.2. The molecule has 0 aliphatic carbocycles. The number of hydrogen-bond acceptors (Lipinski definition) is 6. The van der Waals surface area contributed by atoms with Crippen LogP contribution >= 0.6 is 23.7 Å². The SMILES string of the molecule is CC(C)(CO)CCCn1cncc1-c1cnc(N2CCOCC2)s1.Cl. The van der Waals surface area contributed by atoms with Gasteiger partial charge in [0.05, 0.1) is 36.3 Å². The minimum absolute atomic E-state index is 0. The van der Waals surface area contributed by atoms with Crippen molar-refractivity contribution in [2.45, 2.75) is 33.2 Å². The number of aromatic nitrogens is 3. The van der Waals surface area contributed by atoms with Crippen molar-refractivity contribution < 1.29 is 9.84 Å². The molecule has 8 heteroatoms. The Morgan fingerprint density at radius 3 is 2.76 bits per heavy atom. The number of nitrogens with zero attached hydrogens (tertiary/aromatic N) is 4. The van der Waals surface area contributed by atoms with E-state index >= 15 is 0 Å². The van der Waals surface area contributed by atoms with Gasteiger partial charge in [-0.1, -0.05) is 25.2 Å². The Balaban J connectivity index is 0.00000225. The molecule has 0 spiro atoms. The lowest BCUT2D eigenvalue weighted by Crippen LogP contribution is -2.36. The van der Waals surface area contributed by atoms with E-state index < -0.39 is 0 Å². The highest BCUT2D eigenvalue weighted by molar-refractivity contribution is 7.18. The summed E-state index contributed by atoms with van der Waals surface area (Å²) in [6, 6.07) is 0. The fourth-order valence-corrected chi connectivity index (χ4v) is 3.79. The number of rotatable bonds is 7. The maximum atomic E-state index is 9.37. The van der Waals surface area contributed by atoms with E-state index in [4.69, 9.17) is 4.74 Å². The van der Waals surface area contributed by atoms with E-state index in [1.807, 2.05) is 18.7 Å². The predicted octanol–water partition coefficient (Wildman–Crippen LogP) is 3.06. The molecule has 2 aromatic heterocycles. The molecule has 3 rings (SSSR count). The van der Waals surface area contributed by atoms with Gasteiger partial charge in [0.15, 0.2) is 5.13 Å². The molecule has 6 nitrogen and oxygen atoms in total. The minimum Gasteiger partial charge on any atom is -0.396 e. The Bertz CT molecular complexity index is 653. The van der Waals surface area contributed by atoms with Crippen LogP contribution in [-0.4, -0.2) is 52.6 Å². The Kier molecular flexibility index (Phi) is 7.25. The van der Waals surface area contributed by atoms with E-state index in [2.05, 4.69) is 33.3 Å². The van der Waals surface area contributed by atoms with Crippen LogP contribution in [0, 0.1) is 5.41 Å². The molecule has 1 aliphatic rings. The van der Waals surface area contributed by atoms with Crippen LogP contribution in [0.3, 0.4) is 0 Å². The number of ether oxygens (including phenoxy) is 1. The van der Waals surface area contributed by atoms with E-state index in [1.54, 1.807) is 11.3 Å². The summed E-state index contributed by atoms with van der Waals surface area (Å²) >= 11 is 1.71. The third kappa shape index (κ3) is 5.17. The van der Waals surface area contributed by atoms with Crippen molar-refractivity contribution in [2.24, 2.45) is 5.41 Å². The number of aryl methyl sites for hydroxylation is 1. The first-order valence-electron chi connectivity index (χ1n) is 8.49. The summed E-state index contributed by atoms with van der Waals surface area (Å²) in [5.74, 6) is 0. The molecule has 1 aliphatic heterocycles. The van der Waals surface area contributed by atoms with Gasteiger partial charge in [-0.05, 0) is 18.3 Å². The molecule has 140 valence electrons. The highest BCUT2D eigenvalue weighted by Gasteiger charge is 2.18. The zero-order chi connectivity index (χ0) is 17.0. The molecule has 0 unspecified atom stereocenters. The van der Waals surface area contributed by atoms with Crippen LogP contribution in [-0.2, 0) is 11.3 Å². The molecule has 1 fully saturated rings. The van der Waals surface area contributed by atoms with Crippen molar-refractivity contribution >= 4 is 28.9 Å². The molecule has 0 aromatic carbocycles. The highest BCUT2D eigenvalue weighted by atomic mass is 35.5. The van der Waals surface area contributed by atoms with Gasteiger partial charge in [-0.15, -0.1) is 12.4 Å². The lowest BCUT2D eigenvalue weighted by Gasteiger charge is -2.25. The van der Waals surface area contributed by atoms with Crippen LogP contribution in [0.1, 0.15) is 26.7 Å². The molecule has 0 bridgehead atoms. The second-order valence-corrected chi connectivity index (χ2v) is 8.01. The summed E-state index contributed by atoms with van der Waals surface area (Å²) in [7, 11) is 0. The largest absolute Gasteiger partial charge is 0.396 e. The fraction of sp³-hybridized carbons (Fsp3) is 0.647. The van der Waals surface area contributed by atoms with Crippen LogP contribution in [0.15, 0.2) is 18.7 Å². The van der Waals surface area contributed by atoms with Crippen LogP contribution < -0.4 is 4.90 Å². The number of halogens is 1. The number of thiazole rings is 1. The maximum absolute atomic E-state index is 9.37. The minimum atomic E-state index is -0.0191. The molecule has 2 aromatic rings. The molecule has 1 N–H and O–H groups in total. The molecular weight excluding hydrogens is 360 g/mol. The summed E-state index contributed by atoms with van der Waals surface area (Å²) in [4.78, 5) is 12.3. The van der Waals surface area contributed by atoms with Gasteiger partial charge in [0.2, 0.25) is 0 Å². The maximum Gasteiger partial charge on any atom is 0.186 e. The number of aliphatic hydroxyl groups excluding tert-OH is 1. The molecule has 0 amide bonds. The van der Waals surface area contributed by atoms with Crippen LogP contribution in [0.5, 0.6) is 0 Å². The van der Waals surface area contributed by atoms with Crippen LogP contribution in [0.2, 0.25) is 0 Å². The number of aliphatic hydroxyl groups is 1. The molecule has 25 heavy (non-hydrogen) atoms. The Morgan fingerprint density at radius 1 is 1.28 bits per heavy atom. The smallest absolute Gasteiger partial charge is 0.186 e. The van der Waals surface area contributed by atoms with Gasteiger partial charge < -0.3 is 19.3 Å². The number of anilines is 1. The second kappa shape index (κ2) is 8.98. The van der Waals surface area contributed by atoms with E-state index in [0.29, 0.717) is 0 Å². The van der Waals surface area contributed by atoms with E-state index in [0.717, 1.165) is 61.4 Å². The number of imidazole rings is 1. The number of morpholine rings is 1. The van der Waals surface area contributed by atoms with Gasteiger partial charge >= 0.3 is 0 Å². The van der Waals surface area contributed by atoms with Crippen LogP contribution in [0.4, 0.5) is 5.13 Å². The lowest BCUT2D eigenvalue weighted by atomic mass is 9.89. The molecule has 0 radical (unpaired) electrons. The summed E-state index contributed by atoms with van der Waals surface area (Å²) < 4.78 is 7.59. The third-order valence-corrected chi connectivity index (χ3v) is 5.50. The average Bonchev–Trinajstić information content (AvgIpc) is 3.24. The first-order valence-corrected chi connectivity index (χ1v) is 9.31. The zero-order valence-corrected chi connectivity index (χ0v) is 16.5. The fourth-order valence-electron chi connectivity index (χ4n) is 2.80. The standard InChI is InChI=1S/C17H26N4O2S.ClH/c1-17(2,12-22)4-3-5-21-13-18-10-14(21)15-11-19-16(24-15)20-6-8-23-9-7-20;/h10-11,13,22H,3-9,12H2,1-2H3;1H. The molecular formula is C17H27ClN4O2S. The van der Waals surface area contributed by atoms with Crippen molar-refractivity contribution in [1.29, 1.82) is 0 Å². The molecule has 3 heterocycles. The Morgan fingerprint density at radius 2 is 2.04 bits per heavy atom. The lowest BCUT2D eigenvalue weighted by molar-refractivity contribution is 0.122. The quantitative estimate of drug-likeness (QED) is 0.792. The summed E-state index contributed by atoms with van der Waals surface area (Å²) in [6.07, 6.45) is 7.75. The van der Waals surface area contributed by atoms with E-state index in [-0.39, 0.29) is 24.4 Å². The monoisotopic (exact) mass is 386 g/mol. The zero-order valence-electron chi connectivity index (χ0n) is 14.8. The van der Waals surface area contributed by atoms with Gasteiger partial charge in [-0.25, -0.2) is 9.97 Å².